The highest BCUT2D eigenvalue weighted by Gasteiger charge is 2.45. The zero-order valence-corrected chi connectivity index (χ0v) is 11.8. The van der Waals surface area contributed by atoms with Crippen LogP contribution in [0.4, 0.5) is 0 Å². The fourth-order valence-corrected chi connectivity index (χ4v) is 2.93. The molecule has 2 N–H and O–H groups in total. The quantitative estimate of drug-likeness (QED) is 0.767. The predicted octanol–water partition coefficient (Wildman–Crippen LogP) is 2.14. The third kappa shape index (κ3) is 3.57. The molecule has 0 spiro atoms. The van der Waals surface area contributed by atoms with Crippen molar-refractivity contribution in [2.75, 3.05) is 5.88 Å². The van der Waals surface area contributed by atoms with E-state index < -0.39 is 0 Å². The Hall–Kier alpha value is -0.320. The van der Waals surface area contributed by atoms with Crippen LogP contribution in [0.5, 0.6) is 0 Å². The van der Waals surface area contributed by atoms with Gasteiger partial charge in [0.05, 0.1) is 0 Å². The monoisotopic (exact) mass is 262 g/mol. The molecule has 0 aromatic rings. The number of hydrogen-bond donors (Lipinski definition) is 2. The number of carbonyl (C=O) groups is 1. The van der Waals surface area contributed by atoms with Gasteiger partial charge >= 0.3 is 0 Å². The summed E-state index contributed by atoms with van der Waals surface area (Å²) in [5, 5.41) is 14.5. The number of nitrogens with one attached hydrogen (secondary N) is 1. The molecule has 0 aliphatic carbocycles. The number of halogens is 1. The summed E-state index contributed by atoms with van der Waals surface area (Å²) in [5.74, 6) is 0.334. The molecule has 0 aromatic heterocycles. The van der Waals surface area contributed by atoms with Crippen molar-refractivity contribution in [1.82, 2.24) is 10.4 Å². The molecule has 17 heavy (non-hydrogen) atoms. The van der Waals surface area contributed by atoms with Gasteiger partial charge in [-0.15, -0.1) is 11.6 Å². The molecular weight excluding hydrogens is 240 g/mol. The van der Waals surface area contributed by atoms with E-state index in [4.69, 9.17) is 11.6 Å². The average Bonchev–Trinajstić information content (AvgIpc) is 2.13. The highest BCUT2D eigenvalue weighted by atomic mass is 35.5. The van der Waals surface area contributed by atoms with E-state index in [1.807, 2.05) is 27.7 Å². The van der Waals surface area contributed by atoms with Crippen molar-refractivity contribution in [2.24, 2.45) is 0 Å². The topological polar surface area (TPSA) is 52.6 Å². The Balaban J connectivity index is 2.68. The predicted molar refractivity (Wildman–Crippen MR) is 68.3 cm³/mol. The molecule has 1 aliphatic rings. The van der Waals surface area contributed by atoms with Gasteiger partial charge < -0.3 is 10.5 Å². The van der Waals surface area contributed by atoms with Crippen molar-refractivity contribution in [1.29, 1.82) is 0 Å². The maximum absolute atomic E-state index is 11.5. The largest absolute Gasteiger partial charge is 0.353 e. The lowest BCUT2D eigenvalue weighted by molar-refractivity contribution is -0.246. The Bertz CT molecular complexity index is 274. The first-order chi connectivity index (χ1) is 7.69. The third-order valence-electron chi connectivity index (χ3n) is 3.33. The van der Waals surface area contributed by atoms with Gasteiger partial charge in [-0.2, -0.15) is 5.06 Å². The summed E-state index contributed by atoms with van der Waals surface area (Å²) in [7, 11) is 0. The number of rotatable bonds is 3. The van der Waals surface area contributed by atoms with Crippen LogP contribution >= 0.6 is 11.6 Å². The van der Waals surface area contributed by atoms with Crippen LogP contribution in [0.15, 0.2) is 0 Å². The molecule has 1 amide bonds. The van der Waals surface area contributed by atoms with Crippen LogP contribution < -0.4 is 5.32 Å². The Morgan fingerprint density at radius 2 is 1.82 bits per heavy atom. The van der Waals surface area contributed by atoms with Gasteiger partial charge in [-0.05, 0) is 40.5 Å². The zero-order chi connectivity index (χ0) is 13.3. The second-order valence-electron chi connectivity index (χ2n) is 6.05. The number of nitrogens with zero attached hydrogens (tertiary/aromatic N) is 1. The van der Waals surface area contributed by atoms with E-state index in [0.29, 0.717) is 12.3 Å². The number of hydrogen-bond acceptors (Lipinski definition) is 3. The molecule has 0 radical (unpaired) electrons. The minimum Gasteiger partial charge on any atom is -0.353 e. The van der Waals surface area contributed by atoms with Crippen LogP contribution in [0.1, 0.15) is 47.0 Å². The first-order valence-corrected chi connectivity index (χ1v) is 6.57. The molecule has 0 atom stereocenters. The number of alkyl halides is 1. The Labute approximate surface area is 108 Å². The Morgan fingerprint density at radius 1 is 1.35 bits per heavy atom. The van der Waals surface area contributed by atoms with E-state index in [2.05, 4.69) is 5.32 Å². The van der Waals surface area contributed by atoms with E-state index in [-0.39, 0.29) is 23.0 Å². The third-order valence-corrected chi connectivity index (χ3v) is 3.51. The summed E-state index contributed by atoms with van der Waals surface area (Å²) in [6.45, 7) is 7.92. The molecule has 0 aromatic carbocycles. The van der Waals surface area contributed by atoms with E-state index in [0.717, 1.165) is 12.8 Å². The van der Waals surface area contributed by atoms with Crippen LogP contribution in [0, 0.1) is 0 Å². The maximum atomic E-state index is 11.5. The normalized spacial score (nSPS) is 24.6. The van der Waals surface area contributed by atoms with Crippen molar-refractivity contribution in [3.8, 4) is 0 Å². The number of piperidine rings is 1. The fourth-order valence-electron chi connectivity index (χ4n) is 2.76. The molecular formula is C12H23ClN2O2. The van der Waals surface area contributed by atoms with Gasteiger partial charge in [0.25, 0.3) is 0 Å². The van der Waals surface area contributed by atoms with Crippen LogP contribution in [-0.4, -0.2) is 39.2 Å². The molecule has 0 unspecified atom stereocenters. The summed E-state index contributed by atoms with van der Waals surface area (Å²) >= 11 is 5.54. The van der Waals surface area contributed by atoms with E-state index in [1.54, 1.807) is 0 Å². The van der Waals surface area contributed by atoms with Crippen molar-refractivity contribution in [3.63, 3.8) is 0 Å². The van der Waals surface area contributed by atoms with Gasteiger partial charge in [-0.3, -0.25) is 4.79 Å². The Morgan fingerprint density at radius 3 is 2.24 bits per heavy atom. The number of carbonyl (C=O) groups excluding carboxylic acids is 1. The minimum absolute atomic E-state index is 0.0111. The maximum Gasteiger partial charge on any atom is 0.221 e. The highest BCUT2D eigenvalue weighted by molar-refractivity contribution is 6.18. The summed E-state index contributed by atoms with van der Waals surface area (Å²) in [4.78, 5) is 11.5. The van der Waals surface area contributed by atoms with Gasteiger partial charge in [0.1, 0.15) is 0 Å². The van der Waals surface area contributed by atoms with Gasteiger partial charge in [0, 0.05) is 29.4 Å². The van der Waals surface area contributed by atoms with Crippen LogP contribution in [0.2, 0.25) is 0 Å². The lowest BCUT2D eigenvalue weighted by atomic mass is 9.79. The molecule has 100 valence electrons. The van der Waals surface area contributed by atoms with Crippen molar-refractivity contribution >= 4 is 17.5 Å². The molecule has 1 saturated heterocycles. The second-order valence-corrected chi connectivity index (χ2v) is 6.43. The zero-order valence-electron chi connectivity index (χ0n) is 11.1. The lowest BCUT2D eigenvalue weighted by Gasteiger charge is -2.51. The fraction of sp³-hybridized carbons (Fsp3) is 0.917. The van der Waals surface area contributed by atoms with E-state index in [9.17, 15) is 10.0 Å². The standard InChI is InChI=1S/C12H23ClN2O2/c1-11(2)7-9(14-10(16)5-6-13)8-12(3,4)15(11)17/h9,17H,5-8H2,1-4H3,(H,14,16). The average molecular weight is 263 g/mol. The highest BCUT2D eigenvalue weighted by Crippen LogP contribution is 2.36. The molecule has 0 bridgehead atoms. The van der Waals surface area contributed by atoms with Gasteiger partial charge in [0.15, 0.2) is 0 Å². The molecule has 1 heterocycles. The summed E-state index contributed by atoms with van der Waals surface area (Å²) in [6, 6.07) is 0.0964. The molecule has 4 nitrogen and oxygen atoms in total. The number of amides is 1. The molecule has 1 fully saturated rings. The van der Waals surface area contributed by atoms with Gasteiger partial charge in [-0.25, -0.2) is 0 Å². The molecule has 1 aliphatic heterocycles. The molecule has 1 rings (SSSR count). The lowest BCUT2D eigenvalue weighted by Crippen LogP contribution is -2.62. The molecule has 0 saturated carbocycles. The van der Waals surface area contributed by atoms with E-state index in [1.165, 1.54) is 5.06 Å². The first kappa shape index (κ1) is 14.7. The summed E-state index contributed by atoms with van der Waals surface area (Å²) < 4.78 is 0. The Kier molecular flexibility index (Phi) is 4.44. The van der Waals surface area contributed by atoms with Crippen molar-refractivity contribution in [2.45, 2.75) is 64.1 Å². The van der Waals surface area contributed by atoms with Gasteiger partial charge in [-0.1, -0.05) is 0 Å². The smallest absolute Gasteiger partial charge is 0.221 e. The first-order valence-electron chi connectivity index (χ1n) is 6.03. The second kappa shape index (κ2) is 5.12. The molecule has 5 heteroatoms. The number of hydroxylamine groups is 2. The summed E-state index contributed by atoms with van der Waals surface area (Å²) in [6.07, 6.45) is 1.82. The van der Waals surface area contributed by atoms with Crippen molar-refractivity contribution < 1.29 is 10.0 Å². The summed E-state index contributed by atoms with van der Waals surface area (Å²) in [5.41, 5.74) is -0.665. The SMILES string of the molecule is CC1(C)CC(NC(=O)CCCl)CC(C)(C)N1O. The van der Waals surface area contributed by atoms with E-state index >= 15 is 0 Å². The van der Waals surface area contributed by atoms with Crippen LogP contribution in [-0.2, 0) is 4.79 Å². The minimum atomic E-state index is -0.333. The van der Waals surface area contributed by atoms with Crippen molar-refractivity contribution in [3.05, 3.63) is 0 Å². The van der Waals surface area contributed by atoms with Crippen LogP contribution in [0.3, 0.4) is 0 Å². The van der Waals surface area contributed by atoms with Gasteiger partial charge in [0.2, 0.25) is 5.91 Å². The van der Waals surface area contributed by atoms with Crippen LogP contribution in [0.25, 0.3) is 0 Å².